The van der Waals surface area contributed by atoms with Crippen molar-refractivity contribution in [2.45, 2.75) is 26.2 Å². The van der Waals surface area contributed by atoms with Crippen molar-refractivity contribution >= 4 is 27.8 Å². The lowest BCUT2D eigenvalue weighted by Gasteiger charge is -2.16. The molecule has 21 heavy (non-hydrogen) atoms. The van der Waals surface area contributed by atoms with Crippen molar-refractivity contribution in [1.29, 1.82) is 0 Å². The van der Waals surface area contributed by atoms with Gasteiger partial charge >= 0.3 is 0 Å². The Hall–Kier alpha value is -1.70. The third kappa shape index (κ3) is 3.31. The van der Waals surface area contributed by atoms with Gasteiger partial charge in [-0.15, -0.1) is 0 Å². The van der Waals surface area contributed by atoms with Gasteiger partial charge in [0, 0.05) is 25.8 Å². The molecule has 0 amide bonds. The number of nitrogens with one attached hydrogen (secondary N) is 1. The van der Waals surface area contributed by atoms with Gasteiger partial charge < -0.3 is 10.2 Å². The van der Waals surface area contributed by atoms with Crippen LogP contribution in [0.1, 0.15) is 26.2 Å². The fraction of sp³-hybridized carbons (Fsp3) is 0.538. The highest BCUT2D eigenvalue weighted by molar-refractivity contribution is 9.10. The number of nitrogens with zero attached hydrogens (tertiary/aromatic N) is 6. The summed E-state index contributed by atoms with van der Waals surface area (Å²) in [5.74, 6) is 1.87. The summed E-state index contributed by atoms with van der Waals surface area (Å²) in [5, 5.41) is 7.48. The quantitative estimate of drug-likeness (QED) is 0.890. The molecule has 0 radical (unpaired) electrons. The molecular formula is C13H18BrN7. The predicted molar refractivity (Wildman–Crippen MR) is 84.9 cm³/mol. The Morgan fingerprint density at radius 2 is 1.95 bits per heavy atom. The van der Waals surface area contributed by atoms with E-state index in [0.29, 0.717) is 11.9 Å². The van der Waals surface area contributed by atoms with E-state index in [-0.39, 0.29) is 0 Å². The van der Waals surface area contributed by atoms with Gasteiger partial charge in [-0.25, -0.2) is 4.68 Å². The maximum Gasteiger partial charge on any atom is 0.257 e. The van der Waals surface area contributed by atoms with Crippen LogP contribution in [0.4, 0.5) is 11.9 Å². The Kier molecular flexibility index (Phi) is 4.33. The molecule has 1 aliphatic heterocycles. The highest BCUT2D eigenvalue weighted by Crippen LogP contribution is 2.19. The van der Waals surface area contributed by atoms with Crippen molar-refractivity contribution in [1.82, 2.24) is 24.7 Å². The maximum absolute atomic E-state index is 4.55. The first-order chi connectivity index (χ1) is 10.3. The van der Waals surface area contributed by atoms with E-state index in [1.54, 1.807) is 10.9 Å². The molecule has 1 saturated heterocycles. The molecule has 0 atom stereocenters. The summed E-state index contributed by atoms with van der Waals surface area (Å²) in [4.78, 5) is 15.7. The SMILES string of the molecule is CCCNc1nc(N2CCCC2)nc(-n2cc(Br)cn2)n1. The van der Waals surface area contributed by atoms with Crippen LogP contribution < -0.4 is 10.2 Å². The van der Waals surface area contributed by atoms with Gasteiger partial charge in [-0.05, 0) is 35.2 Å². The number of halogens is 1. The molecule has 1 N–H and O–H groups in total. The molecule has 0 unspecified atom stereocenters. The Morgan fingerprint density at radius 3 is 2.62 bits per heavy atom. The van der Waals surface area contributed by atoms with Crippen molar-refractivity contribution in [2.24, 2.45) is 0 Å². The largest absolute Gasteiger partial charge is 0.354 e. The molecule has 0 aromatic carbocycles. The lowest BCUT2D eigenvalue weighted by molar-refractivity contribution is 0.776. The highest BCUT2D eigenvalue weighted by atomic mass is 79.9. The standard InChI is InChI=1S/C13H18BrN7/c1-2-5-15-11-17-12(20-6-3-4-7-20)19-13(18-11)21-9-10(14)8-16-21/h8-9H,2-7H2,1H3,(H,15,17,18,19). The van der Waals surface area contributed by atoms with Crippen LogP contribution in [0.3, 0.4) is 0 Å². The normalized spacial score (nSPS) is 14.7. The number of rotatable bonds is 5. The Bertz CT molecular complexity index is 606. The summed E-state index contributed by atoms with van der Waals surface area (Å²) in [6.45, 7) is 4.95. The molecule has 0 bridgehead atoms. The predicted octanol–water partition coefficient (Wildman–Crippen LogP) is 2.24. The number of aromatic nitrogens is 5. The molecule has 2 aromatic heterocycles. The Morgan fingerprint density at radius 1 is 1.19 bits per heavy atom. The van der Waals surface area contributed by atoms with Crippen LogP contribution in [0, 0.1) is 0 Å². The van der Waals surface area contributed by atoms with Gasteiger partial charge in [0.25, 0.3) is 5.95 Å². The second kappa shape index (κ2) is 6.38. The third-order valence-electron chi connectivity index (χ3n) is 3.29. The fourth-order valence-corrected chi connectivity index (χ4v) is 2.53. The van der Waals surface area contributed by atoms with Crippen LogP contribution in [0.25, 0.3) is 5.95 Å². The lowest BCUT2D eigenvalue weighted by atomic mass is 10.4. The van der Waals surface area contributed by atoms with Gasteiger partial charge in [0.1, 0.15) is 0 Å². The summed E-state index contributed by atoms with van der Waals surface area (Å²) in [6.07, 6.45) is 6.96. The molecule has 8 heteroatoms. The Balaban J connectivity index is 1.95. The number of hydrogen-bond donors (Lipinski definition) is 1. The third-order valence-corrected chi connectivity index (χ3v) is 3.70. The van der Waals surface area contributed by atoms with E-state index in [2.05, 4.69) is 53.1 Å². The maximum atomic E-state index is 4.55. The monoisotopic (exact) mass is 351 g/mol. The van der Waals surface area contributed by atoms with Crippen molar-refractivity contribution in [3.63, 3.8) is 0 Å². The molecule has 1 fully saturated rings. The molecule has 2 aromatic rings. The Labute approximate surface area is 131 Å². The minimum atomic E-state index is 0.538. The second-order valence-corrected chi connectivity index (χ2v) is 5.90. The van der Waals surface area contributed by atoms with Gasteiger partial charge in [0.15, 0.2) is 0 Å². The van der Waals surface area contributed by atoms with Crippen LogP contribution in [0.2, 0.25) is 0 Å². The van der Waals surface area contributed by atoms with Crippen LogP contribution in [-0.4, -0.2) is 44.4 Å². The van der Waals surface area contributed by atoms with E-state index in [0.717, 1.165) is 36.5 Å². The highest BCUT2D eigenvalue weighted by Gasteiger charge is 2.18. The second-order valence-electron chi connectivity index (χ2n) is 4.98. The zero-order chi connectivity index (χ0) is 14.7. The topological polar surface area (TPSA) is 71.8 Å². The summed E-state index contributed by atoms with van der Waals surface area (Å²) in [7, 11) is 0. The summed E-state index contributed by atoms with van der Waals surface area (Å²) in [5.41, 5.74) is 0. The molecule has 0 aliphatic carbocycles. The van der Waals surface area contributed by atoms with Crippen LogP contribution in [0.5, 0.6) is 0 Å². The average molecular weight is 352 g/mol. The zero-order valence-corrected chi connectivity index (χ0v) is 13.5. The molecule has 3 rings (SSSR count). The minimum Gasteiger partial charge on any atom is -0.354 e. The zero-order valence-electron chi connectivity index (χ0n) is 12.0. The average Bonchev–Trinajstić information content (AvgIpc) is 3.16. The molecule has 0 saturated carbocycles. The lowest BCUT2D eigenvalue weighted by Crippen LogP contribution is -2.23. The summed E-state index contributed by atoms with van der Waals surface area (Å²) in [6, 6.07) is 0. The van der Waals surface area contributed by atoms with Crippen molar-refractivity contribution in [3.05, 3.63) is 16.9 Å². The van der Waals surface area contributed by atoms with E-state index < -0.39 is 0 Å². The summed E-state index contributed by atoms with van der Waals surface area (Å²) >= 11 is 3.39. The van der Waals surface area contributed by atoms with Crippen molar-refractivity contribution in [3.8, 4) is 5.95 Å². The van der Waals surface area contributed by atoms with Gasteiger partial charge in [-0.2, -0.15) is 20.1 Å². The van der Waals surface area contributed by atoms with Crippen molar-refractivity contribution in [2.75, 3.05) is 29.9 Å². The van der Waals surface area contributed by atoms with Crippen LogP contribution in [0.15, 0.2) is 16.9 Å². The van der Waals surface area contributed by atoms with Crippen molar-refractivity contribution < 1.29 is 0 Å². The smallest absolute Gasteiger partial charge is 0.257 e. The van der Waals surface area contributed by atoms with E-state index in [1.165, 1.54) is 12.8 Å². The first kappa shape index (κ1) is 14.2. The van der Waals surface area contributed by atoms with E-state index >= 15 is 0 Å². The van der Waals surface area contributed by atoms with E-state index in [9.17, 15) is 0 Å². The molecule has 3 heterocycles. The fourth-order valence-electron chi connectivity index (χ4n) is 2.24. The minimum absolute atomic E-state index is 0.538. The van der Waals surface area contributed by atoms with Crippen LogP contribution in [-0.2, 0) is 0 Å². The molecule has 0 spiro atoms. The molecule has 7 nitrogen and oxygen atoms in total. The van der Waals surface area contributed by atoms with E-state index in [1.807, 2.05) is 6.20 Å². The number of anilines is 2. The first-order valence-electron chi connectivity index (χ1n) is 7.21. The first-order valence-corrected chi connectivity index (χ1v) is 8.01. The molecular weight excluding hydrogens is 334 g/mol. The van der Waals surface area contributed by atoms with Gasteiger partial charge in [0.05, 0.1) is 10.7 Å². The van der Waals surface area contributed by atoms with Crippen LogP contribution >= 0.6 is 15.9 Å². The van der Waals surface area contributed by atoms with E-state index in [4.69, 9.17) is 0 Å². The molecule has 112 valence electrons. The van der Waals surface area contributed by atoms with Gasteiger partial charge in [0.2, 0.25) is 11.9 Å². The van der Waals surface area contributed by atoms with Gasteiger partial charge in [-0.3, -0.25) is 0 Å². The number of hydrogen-bond acceptors (Lipinski definition) is 6. The van der Waals surface area contributed by atoms with Gasteiger partial charge in [-0.1, -0.05) is 6.92 Å². The molecule has 1 aliphatic rings. The summed E-state index contributed by atoms with van der Waals surface area (Å²) < 4.78 is 2.55.